The Hall–Kier alpha value is -2.03. The molecule has 16 heavy (non-hydrogen) atoms. The quantitative estimate of drug-likeness (QED) is 0.770. The molecule has 1 N–H and O–H groups in total. The van der Waals surface area contributed by atoms with Gasteiger partial charge in [0.05, 0.1) is 13.5 Å². The number of carbonyl (C=O) groups is 1. The summed E-state index contributed by atoms with van der Waals surface area (Å²) in [5, 5.41) is 0. The summed E-state index contributed by atoms with van der Waals surface area (Å²) in [6, 6.07) is 1.98. The topological polar surface area (TPSA) is 42.1 Å². The molecule has 0 saturated heterocycles. The number of aromatic nitrogens is 1. The van der Waals surface area contributed by atoms with Gasteiger partial charge in [0.15, 0.2) is 0 Å². The van der Waals surface area contributed by atoms with Crippen LogP contribution in [0.25, 0.3) is 11.6 Å². The van der Waals surface area contributed by atoms with Crippen molar-refractivity contribution in [2.45, 2.75) is 6.42 Å². The number of hydrogen-bond acceptors (Lipinski definition) is 2. The number of methoxy groups -OCH3 is 1. The van der Waals surface area contributed by atoms with Gasteiger partial charge in [0.25, 0.3) is 0 Å². The van der Waals surface area contributed by atoms with Crippen molar-refractivity contribution in [3.05, 3.63) is 47.8 Å². The van der Waals surface area contributed by atoms with Gasteiger partial charge in [0, 0.05) is 11.9 Å². The molecule has 0 radical (unpaired) electrons. The molecule has 1 aliphatic rings. The van der Waals surface area contributed by atoms with Crippen molar-refractivity contribution in [1.29, 1.82) is 0 Å². The molecule has 1 aliphatic carbocycles. The number of ether oxygens (including phenoxy) is 1. The van der Waals surface area contributed by atoms with Crippen molar-refractivity contribution < 1.29 is 9.53 Å². The summed E-state index contributed by atoms with van der Waals surface area (Å²) in [4.78, 5) is 14.4. The molecule has 0 saturated carbocycles. The lowest BCUT2D eigenvalue weighted by Crippen LogP contribution is -2.02. The van der Waals surface area contributed by atoms with Gasteiger partial charge in [-0.2, -0.15) is 0 Å². The first-order valence-electron chi connectivity index (χ1n) is 5.09. The first kappa shape index (κ1) is 10.5. The summed E-state index contributed by atoms with van der Waals surface area (Å²) >= 11 is 0. The Morgan fingerprint density at radius 1 is 1.38 bits per heavy atom. The molecule has 3 nitrogen and oxygen atoms in total. The number of rotatable bonds is 2. The van der Waals surface area contributed by atoms with E-state index in [1.165, 1.54) is 7.11 Å². The Balaban J connectivity index is 2.34. The average molecular weight is 215 g/mol. The van der Waals surface area contributed by atoms with Crippen LogP contribution < -0.4 is 0 Å². The number of allylic oxidation sites excluding steroid dienone is 4. The van der Waals surface area contributed by atoms with Gasteiger partial charge in [-0.25, -0.2) is 0 Å². The lowest BCUT2D eigenvalue weighted by molar-refractivity contribution is -0.139. The maximum Gasteiger partial charge on any atom is 0.310 e. The SMILES string of the molecule is COC(=O)CC1=CC=CC=Cc2cc[nH]c21. The van der Waals surface area contributed by atoms with E-state index in [0.717, 1.165) is 16.8 Å². The normalized spacial score (nSPS) is 13.7. The van der Waals surface area contributed by atoms with Crippen molar-refractivity contribution in [2.24, 2.45) is 0 Å². The number of aromatic amines is 1. The summed E-state index contributed by atoms with van der Waals surface area (Å²) < 4.78 is 4.68. The van der Waals surface area contributed by atoms with Gasteiger partial charge in [0.1, 0.15) is 0 Å². The molecule has 0 amide bonds. The molecule has 3 heteroatoms. The average Bonchev–Trinajstić information content (AvgIpc) is 2.71. The van der Waals surface area contributed by atoms with Crippen LogP contribution >= 0.6 is 0 Å². The van der Waals surface area contributed by atoms with E-state index < -0.39 is 0 Å². The van der Waals surface area contributed by atoms with Crippen LogP contribution in [0.15, 0.2) is 36.6 Å². The maximum atomic E-state index is 11.3. The van der Waals surface area contributed by atoms with Crippen LogP contribution in [0.3, 0.4) is 0 Å². The van der Waals surface area contributed by atoms with Gasteiger partial charge in [-0.15, -0.1) is 0 Å². The Kier molecular flexibility index (Phi) is 3.05. The lowest BCUT2D eigenvalue weighted by Gasteiger charge is -2.06. The summed E-state index contributed by atoms with van der Waals surface area (Å²) in [6.07, 6.45) is 11.9. The molecule has 1 heterocycles. The highest BCUT2D eigenvalue weighted by Crippen LogP contribution is 2.23. The maximum absolute atomic E-state index is 11.3. The highest BCUT2D eigenvalue weighted by Gasteiger charge is 2.12. The third-order valence-corrected chi connectivity index (χ3v) is 2.46. The van der Waals surface area contributed by atoms with E-state index in [0.29, 0.717) is 0 Å². The molecule has 0 unspecified atom stereocenters. The lowest BCUT2D eigenvalue weighted by atomic mass is 10.0. The van der Waals surface area contributed by atoms with Gasteiger partial charge >= 0.3 is 5.97 Å². The zero-order chi connectivity index (χ0) is 11.4. The Bertz CT molecular complexity index is 478. The van der Waals surface area contributed by atoms with Crippen molar-refractivity contribution in [3.8, 4) is 0 Å². The van der Waals surface area contributed by atoms with E-state index in [9.17, 15) is 4.79 Å². The van der Waals surface area contributed by atoms with E-state index in [2.05, 4.69) is 9.72 Å². The van der Waals surface area contributed by atoms with Gasteiger partial charge in [0.2, 0.25) is 0 Å². The monoisotopic (exact) mass is 215 g/mol. The Labute approximate surface area is 94.1 Å². The van der Waals surface area contributed by atoms with Crippen molar-refractivity contribution in [3.63, 3.8) is 0 Å². The van der Waals surface area contributed by atoms with Crippen LogP contribution in [0, 0.1) is 0 Å². The predicted octanol–water partition coefficient (Wildman–Crippen LogP) is 2.54. The first-order chi connectivity index (χ1) is 7.81. The van der Waals surface area contributed by atoms with E-state index in [4.69, 9.17) is 0 Å². The van der Waals surface area contributed by atoms with Crippen molar-refractivity contribution in [1.82, 2.24) is 4.98 Å². The fraction of sp³-hybridized carbons (Fsp3) is 0.154. The fourth-order valence-electron chi connectivity index (χ4n) is 1.65. The molecular formula is C13H13NO2. The molecular weight excluding hydrogens is 202 g/mol. The molecule has 0 aromatic carbocycles. The van der Waals surface area contributed by atoms with Crippen molar-refractivity contribution in [2.75, 3.05) is 7.11 Å². The zero-order valence-corrected chi connectivity index (χ0v) is 9.07. The van der Waals surface area contributed by atoms with Crippen LogP contribution in [-0.4, -0.2) is 18.1 Å². The predicted molar refractivity (Wildman–Crippen MR) is 63.6 cm³/mol. The van der Waals surface area contributed by atoms with E-state index >= 15 is 0 Å². The van der Waals surface area contributed by atoms with Gasteiger partial charge in [-0.3, -0.25) is 4.79 Å². The first-order valence-corrected chi connectivity index (χ1v) is 5.09. The summed E-state index contributed by atoms with van der Waals surface area (Å²) in [5.74, 6) is -0.232. The largest absolute Gasteiger partial charge is 0.469 e. The highest BCUT2D eigenvalue weighted by atomic mass is 16.5. The van der Waals surface area contributed by atoms with Crippen LogP contribution in [0.4, 0.5) is 0 Å². The van der Waals surface area contributed by atoms with Crippen LogP contribution in [0.1, 0.15) is 17.7 Å². The second-order valence-corrected chi connectivity index (χ2v) is 3.50. The molecule has 0 atom stereocenters. The molecule has 0 fully saturated rings. The molecule has 0 spiro atoms. The number of nitrogens with one attached hydrogen (secondary N) is 1. The zero-order valence-electron chi connectivity index (χ0n) is 9.07. The number of fused-ring (bicyclic) bond motifs is 1. The van der Waals surface area contributed by atoms with E-state index in [-0.39, 0.29) is 12.4 Å². The van der Waals surface area contributed by atoms with Gasteiger partial charge in [-0.1, -0.05) is 30.4 Å². The molecule has 0 bridgehead atoms. The third kappa shape index (κ3) is 2.14. The van der Waals surface area contributed by atoms with Gasteiger partial charge < -0.3 is 9.72 Å². The summed E-state index contributed by atoms with van der Waals surface area (Å²) in [5.41, 5.74) is 3.00. The number of H-pyrrole nitrogens is 1. The fourth-order valence-corrected chi connectivity index (χ4v) is 1.65. The Morgan fingerprint density at radius 2 is 2.25 bits per heavy atom. The van der Waals surface area contributed by atoms with Crippen molar-refractivity contribution >= 4 is 17.6 Å². The van der Waals surface area contributed by atoms with Crippen LogP contribution in [0.5, 0.6) is 0 Å². The number of esters is 1. The van der Waals surface area contributed by atoms with E-state index in [1.54, 1.807) is 0 Å². The standard InChI is InChI=1S/C13H13NO2/c1-16-12(15)9-11-6-4-2-3-5-10-7-8-14-13(10)11/h2-8,14H,9H2,1H3. The minimum atomic E-state index is -0.232. The number of hydrogen-bond donors (Lipinski definition) is 1. The Morgan fingerprint density at radius 3 is 3.06 bits per heavy atom. The molecule has 82 valence electrons. The number of carbonyl (C=O) groups excluding carboxylic acids is 1. The van der Waals surface area contributed by atoms with E-state index in [1.807, 2.05) is 42.6 Å². The third-order valence-electron chi connectivity index (χ3n) is 2.46. The molecule has 1 aromatic rings. The summed E-state index contributed by atoms with van der Waals surface area (Å²) in [7, 11) is 1.40. The smallest absolute Gasteiger partial charge is 0.310 e. The summed E-state index contributed by atoms with van der Waals surface area (Å²) in [6.45, 7) is 0. The van der Waals surface area contributed by atoms with Crippen LogP contribution in [0.2, 0.25) is 0 Å². The second kappa shape index (κ2) is 4.66. The molecule has 2 rings (SSSR count). The highest BCUT2D eigenvalue weighted by molar-refractivity contribution is 5.87. The second-order valence-electron chi connectivity index (χ2n) is 3.50. The van der Waals surface area contributed by atoms with Gasteiger partial charge in [-0.05, 0) is 17.2 Å². The minimum Gasteiger partial charge on any atom is -0.469 e. The van der Waals surface area contributed by atoms with Crippen LogP contribution in [-0.2, 0) is 9.53 Å². The molecule has 0 aliphatic heterocycles. The molecule has 1 aromatic heterocycles. The minimum absolute atomic E-state index is 0.232.